The fraction of sp³-hybridized carbons (Fsp3) is 0.455. The van der Waals surface area contributed by atoms with E-state index in [-0.39, 0.29) is 0 Å². The minimum Gasteiger partial charge on any atom is -0.330 e. The zero-order chi connectivity index (χ0) is 9.68. The number of aryl methyl sites for hydroxylation is 2. The zero-order valence-corrected chi connectivity index (χ0v) is 9.60. The van der Waals surface area contributed by atoms with Crippen molar-refractivity contribution in [2.45, 2.75) is 26.2 Å². The van der Waals surface area contributed by atoms with E-state index in [1.165, 1.54) is 22.0 Å². The van der Waals surface area contributed by atoms with Crippen LogP contribution in [0.25, 0.3) is 0 Å². The first kappa shape index (κ1) is 10.7. The van der Waals surface area contributed by atoms with Crippen molar-refractivity contribution in [2.75, 3.05) is 6.54 Å². The van der Waals surface area contributed by atoms with Crippen LogP contribution in [-0.4, -0.2) is 6.54 Å². The van der Waals surface area contributed by atoms with E-state index in [4.69, 9.17) is 5.73 Å². The number of benzene rings is 1. The van der Waals surface area contributed by atoms with Gasteiger partial charge in [-0.1, -0.05) is 34.1 Å². The lowest BCUT2D eigenvalue weighted by Crippen LogP contribution is -1.99. The Morgan fingerprint density at radius 1 is 1.31 bits per heavy atom. The van der Waals surface area contributed by atoms with Crippen molar-refractivity contribution in [3.05, 3.63) is 33.8 Å². The molecule has 0 atom stereocenters. The van der Waals surface area contributed by atoms with Crippen molar-refractivity contribution in [3.63, 3.8) is 0 Å². The van der Waals surface area contributed by atoms with Crippen molar-refractivity contribution < 1.29 is 0 Å². The van der Waals surface area contributed by atoms with Crippen LogP contribution in [0.15, 0.2) is 22.7 Å². The minimum atomic E-state index is 0.795. The van der Waals surface area contributed by atoms with Crippen LogP contribution in [0.4, 0.5) is 0 Å². The van der Waals surface area contributed by atoms with Crippen molar-refractivity contribution in [1.82, 2.24) is 0 Å². The molecule has 72 valence electrons. The SMILES string of the molecule is Cc1cccc(CCCCN)c1Br. The van der Waals surface area contributed by atoms with Crippen LogP contribution in [0.5, 0.6) is 0 Å². The van der Waals surface area contributed by atoms with E-state index in [1.54, 1.807) is 0 Å². The van der Waals surface area contributed by atoms with Crippen molar-refractivity contribution in [3.8, 4) is 0 Å². The van der Waals surface area contributed by atoms with E-state index in [2.05, 4.69) is 41.1 Å². The van der Waals surface area contributed by atoms with Gasteiger partial charge < -0.3 is 5.73 Å². The van der Waals surface area contributed by atoms with Crippen LogP contribution in [-0.2, 0) is 6.42 Å². The lowest BCUT2D eigenvalue weighted by molar-refractivity contribution is 0.743. The topological polar surface area (TPSA) is 26.0 Å². The van der Waals surface area contributed by atoms with Gasteiger partial charge in [-0.3, -0.25) is 0 Å². The van der Waals surface area contributed by atoms with Gasteiger partial charge in [-0.15, -0.1) is 0 Å². The van der Waals surface area contributed by atoms with Crippen LogP contribution in [0.2, 0.25) is 0 Å². The molecule has 1 nitrogen and oxygen atoms in total. The van der Waals surface area contributed by atoms with Crippen molar-refractivity contribution in [2.24, 2.45) is 5.73 Å². The van der Waals surface area contributed by atoms with Crippen molar-refractivity contribution >= 4 is 15.9 Å². The Morgan fingerprint density at radius 3 is 2.77 bits per heavy atom. The van der Waals surface area contributed by atoms with Gasteiger partial charge in [0.2, 0.25) is 0 Å². The molecule has 2 heteroatoms. The van der Waals surface area contributed by atoms with Crippen molar-refractivity contribution in [1.29, 1.82) is 0 Å². The highest BCUT2D eigenvalue weighted by Gasteiger charge is 2.00. The maximum Gasteiger partial charge on any atom is 0.0236 e. The number of hydrogen-bond acceptors (Lipinski definition) is 1. The van der Waals surface area contributed by atoms with Gasteiger partial charge in [-0.05, 0) is 43.9 Å². The monoisotopic (exact) mass is 241 g/mol. The fourth-order valence-electron chi connectivity index (χ4n) is 1.36. The van der Waals surface area contributed by atoms with E-state index in [0.717, 1.165) is 19.4 Å². The summed E-state index contributed by atoms with van der Waals surface area (Å²) in [5, 5.41) is 0. The maximum absolute atomic E-state index is 5.45. The van der Waals surface area contributed by atoms with Gasteiger partial charge in [0.15, 0.2) is 0 Å². The Hall–Kier alpha value is -0.340. The summed E-state index contributed by atoms with van der Waals surface area (Å²) in [6.45, 7) is 2.92. The summed E-state index contributed by atoms with van der Waals surface area (Å²) in [5.74, 6) is 0. The third kappa shape index (κ3) is 3.12. The summed E-state index contributed by atoms with van der Waals surface area (Å²) in [7, 11) is 0. The summed E-state index contributed by atoms with van der Waals surface area (Å²) < 4.78 is 1.26. The normalized spacial score (nSPS) is 10.4. The van der Waals surface area contributed by atoms with Gasteiger partial charge in [0.05, 0.1) is 0 Å². The standard InChI is InChI=1S/C11H16BrN/c1-9-5-4-7-10(11(9)12)6-2-3-8-13/h4-5,7H,2-3,6,8,13H2,1H3. The fourth-order valence-corrected chi connectivity index (χ4v) is 1.82. The Morgan fingerprint density at radius 2 is 2.08 bits per heavy atom. The maximum atomic E-state index is 5.45. The lowest BCUT2D eigenvalue weighted by Gasteiger charge is -2.05. The first-order chi connectivity index (χ1) is 6.25. The molecule has 1 aromatic carbocycles. The molecular formula is C11H16BrN. The molecule has 0 aromatic heterocycles. The number of hydrogen-bond donors (Lipinski definition) is 1. The molecule has 0 unspecified atom stereocenters. The van der Waals surface area contributed by atoms with E-state index in [0.29, 0.717) is 0 Å². The average Bonchev–Trinajstić information content (AvgIpc) is 2.13. The molecule has 0 radical (unpaired) electrons. The molecular weight excluding hydrogens is 226 g/mol. The minimum absolute atomic E-state index is 0.795. The molecule has 0 heterocycles. The summed E-state index contributed by atoms with van der Waals surface area (Å²) in [6, 6.07) is 6.40. The summed E-state index contributed by atoms with van der Waals surface area (Å²) in [4.78, 5) is 0. The Kier molecular flexibility index (Phi) is 4.46. The average molecular weight is 242 g/mol. The molecule has 0 fully saturated rings. The molecule has 0 saturated heterocycles. The summed E-state index contributed by atoms with van der Waals surface area (Å²) in [6.07, 6.45) is 3.42. The molecule has 0 amide bonds. The Balaban J connectivity index is 2.61. The quantitative estimate of drug-likeness (QED) is 0.807. The second-order valence-electron chi connectivity index (χ2n) is 3.29. The number of rotatable bonds is 4. The number of nitrogens with two attached hydrogens (primary N) is 1. The van der Waals surface area contributed by atoms with E-state index < -0.39 is 0 Å². The molecule has 0 aliphatic heterocycles. The van der Waals surface area contributed by atoms with E-state index >= 15 is 0 Å². The molecule has 1 rings (SSSR count). The molecule has 0 saturated carbocycles. The molecule has 0 aliphatic rings. The highest BCUT2D eigenvalue weighted by molar-refractivity contribution is 9.10. The molecule has 0 aliphatic carbocycles. The van der Waals surface area contributed by atoms with Crippen LogP contribution in [0, 0.1) is 6.92 Å². The van der Waals surface area contributed by atoms with E-state index in [1.807, 2.05) is 0 Å². The first-order valence-electron chi connectivity index (χ1n) is 4.69. The second kappa shape index (κ2) is 5.40. The summed E-state index contributed by atoms with van der Waals surface area (Å²) in [5.41, 5.74) is 8.16. The van der Waals surface area contributed by atoms with Crippen LogP contribution < -0.4 is 5.73 Å². The predicted molar refractivity (Wildman–Crippen MR) is 60.9 cm³/mol. The highest BCUT2D eigenvalue weighted by atomic mass is 79.9. The number of halogens is 1. The third-order valence-electron chi connectivity index (χ3n) is 2.17. The molecule has 0 bridgehead atoms. The Bertz CT molecular complexity index is 271. The second-order valence-corrected chi connectivity index (χ2v) is 4.09. The van der Waals surface area contributed by atoms with Crippen LogP contribution in [0.1, 0.15) is 24.0 Å². The predicted octanol–water partition coefficient (Wildman–Crippen LogP) is 3.04. The van der Waals surface area contributed by atoms with Gasteiger partial charge in [0, 0.05) is 4.47 Å². The zero-order valence-electron chi connectivity index (χ0n) is 8.02. The highest BCUT2D eigenvalue weighted by Crippen LogP contribution is 2.22. The molecule has 1 aromatic rings. The smallest absolute Gasteiger partial charge is 0.0236 e. The molecule has 2 N–H and O–H groups in total. The van der Waals surface area contributed by atoms with Crippen LogP contribution >= 0.6 is 15.9 Å². The van der Waals surface area contributed by atoms with Gasteiger partial charge in [-0.25, -0.2) is 0 Å². The molecule has 0 spiro atoms. The number of unbranched alkanes of at least 4 members (excludes halogenated alkanes) is 1. The largest absolute Gasteiger partial charge is 0.330 e. The van der Waals surface area contributed by atoms with Gasteiger partial charge in [0.1, 0.15) is 0 Å². The van der Waals surface area contributed by atoms with Crippen LogP contribution in [0.3, 0.4) is 0 Å². The summed E-state index contributed by atoms with van der Waals surface area (Å²) >= 11 is 3.60. The van der Waals surface area contributed by atoms with E-state index in [9.17, 15) is 0 Å². The first-order valence-corrected chi connectivity index (χ1v) is 5.49. The molecule has 13 heavy (non-hydrogen) atoms. The van der Waals surface area contributed by atoms with Gasteiger partial charge in [-0.2, -0.15) is 0 Å². The third-order valence-corrected chi connectivity index (χ3v) is 3.31. The lowest BCUT2D eigenvalue weighted by atomic mass is 10.1. The van der Waals surface area contributed by atoms with Gasteiger partial charge >= 0.3 is 0 Å². The van der Waals surface area contributed by atoms with Gasteiger partial charge in [0.25, 0.3) is 0 Å². The Labute approximate surface area is 88.5 Å².